The maximum atomic E-state index is 14.0. The van der Waals surface area contributed by atoms with Crippen molar-refractivity contribution < 1.29 is 58.6 Å². The van der Waals surface area contributed by atoms with Crippen LogP contribution in [-0.4, -0.2) is 110 Å². The lowest BCUT2D eigenvalue weighted by atomic mass is 9.72. The zero-order chi connectivity index (χ0) is 40.7. The molecule has 1 fully saturated rings. The number of imide groups is 1. The maximum absolute atomic E-state index is 14.0. The van der Waals surface area contributed by atoms with E-state index in [0.29, 0.717) is 19.4 Å². The molecule has 0 aromatic heterocycles. The van der Waals surface area contributed by atoms with Crippen molar-refractivity contribution in [2.45, 2.75) is 121 Å². The number of nitrogens with two attached hydrogens (primary N) is 3. The van der Waals surface area contributed by atoms with Crippen LogP contribution in [0.3, 0.4) is 0 Å². The van der Waals surface area contributed by atoms with Crippen LogP contribution in [0.4, 0.5) is 0 Å². The first kappa shape index (κ1) is 41.9. The number of ketones is 3. The van der Waals surface area contributed by atoms with E-state index in [9.17, 15) is 44.4 Å². The number of carbonyl (C=O) groups excluding carboxylic acids is 5. The molecule has 5 rings (SSSR count). The van der Waals surface area contributed by atoms with E-state index in [4.69, 9.17) is 31.4 Å². The van der Waals surface area contributed by atoms with E-state index in [-0.39, 0.29) is 53.2 Å². The predicted molar refractivity (Wildman–Crippen MR) is 196 cm³/mol. The lowest BCUT2D eigenvalue weighted by Crippen LogP contribution is -2.63. The molecule has 2 aromatic rings. The molecule has 300 valence electrons. The number of unbranched alkanes of at least 4 members (excludes halogenated alkanes) is 1. The van der Waals surface area contributed by atoms with Crippen molar-refractivity contribution in [3.8, 4) is 17.2 Å². The molecular weight excluding hydrogens is 716 g/mol. The molecule has 16 heteroatoms. The third-order valence-electron chi connectivity index (χ3n) is 10.9. The Balaban J connectivity index is 1.58. The van der Waals surface area contributed by atoms with E-state index < -0.39 is 113 Å². The number of aromatic hydroxyl groups is 2. The molecule has 16 nitrogen and oxygen atoms in total. The number of amides is 2. The SMILES string of the molecule is COc1cccc2c1C(=O)c1c(O)c3c(c(O)c1C2=O)C[C@@](O)(C(C)=O)C[C@@H]3OC1CC(N(C(=O)[C@@H](N)CCCCN)C(=O)[C@@H](N)CC(C)C)C(O)C(C)O1. The third-order valence-corrected chi connectivity index (χ3v) is 10.9. The summed E-state index contributed by atoms with van der Waals surface area (Å²) < 4.78 is 17.7. The van der Waals surface area contributed by atoms with Crippen LogP contribution in [0.1, 0.15) is 115 Å². The Kier molecular flexibility index (Phi) is 12.5. The summed E-state index contributed by atoms with van der Waals surface area (Å²) in [5.41, 5.74) is 14.4. The van der Waals surface area contributed by atoms with Gasteiger partial charge in [-0.3, -0.25) is 28.9 Å². The van der Waals surface area contributed by atoms with Crippen molar-refractivity contribution in [2.24, 2.45) is 23.1 Å². The third kappa shape index (κ3) is 7.77. The van der Waals surface area contributed by atoms with Gasteiger partial charge in [-0.25, -0.2) is 0 Å². The Bertz CT molecular complexity index is 1870. The fourth-order valence-electron chi connectivity index (χ4n) is 7.89. The van der Waals surface area contributed by atoms with Crippen LogP contribution in [0, 0.1) is 5.92 Å². The molecule has 2 amide bonds. The number of benzene rings is 2. The number of phenolic OH excluding ortho intramolecular Hbond substituents is 2. The summed E-state index contributed by atoms with van der Waals surface area (Å²) in [5, 5.41) is 46.6. The van der Waals surface area contributed by atoms with Crippen molar-refractivity contribution in [3.05, 3.63) is 51.6 Å². The quantitative estimate of drug-likeness (QED) is 0.0952. The summed E-state index contributed by atoms with van der Waals surface area (Å²) in [7, 11) is 1.31. The van der Waals surface area contributed by atoms with Crippen LogP contribution >= 0.6 is 0 Å². The second-order valence-corrected chi connectivity index (χ2v) is 15.2. The number of carbonyl (C=O) groups is 5. The summed E-state index contributed by atoms with van der Waals surface area (Å²) >= 11 is 0. The molecule has 55 heavy (non-hydrogen) atoms. The van der Waals surface area contributed by atoms with Crippen LogP contribution in [0.2, 0.25) is 0 Å². The molecular formula is C39H52N4O12. The summed E-state index contributed by atoms with van der Waals surface area (Å²) in [6.45, 7) is 6.72. The Morgan fingerprint density at radius 3 is 2.29 bits per heavy atom. The fraction of sp³-hybridized carbons (Fsp3) is 0.564. The first-order valence-corrected chi connectivity index (χ1v) is 18.6. The van der Waals surface area contributed by atoms with Crippen molar-refractivity contribution in [1.82, 2.24) is 4.90 Å². The standard InChI is InChI=1S/C39H52N4O12/c1-17(2)13-23(42)38(51)43(37(50)22(41)10-6-7-12-40)24-14-27(54-18(3)32(24)45)55-26-16-39(52,19(4)44)15-21-29(26)36(49)31-30(34(21)47)33(46)20-9-8-11-25(53-5)28(20)35(31)48/h8-9,11,17-18,22-24,26-27,32,45,47,49,52H,6-7,10,12-16,40-42H2,1-5H3/t18?,22-,23-,24?,26-,27?,32?,39-/m0/s1. The van der Waals surface area contributed by atoms with Crippen LogP contribution in [0.15, 0.2) is 18.2 Å². The minimum atomic E-state index is -2.17. The van der Waals surface area contributed by atoms with Gasteiger partial charge in [0.1, 0.15) is 29.0 Å². The zero-order valence-corrected chi connectivity index (χ0v) is 31.7. The number of aliphatic hydroxyl groups excluding tert-OH is 1. The Labute approximate surface area is 318 Å². The van der Waals surface area contributed by atoms with Crippen LogP contribution in [0.5, 0.6) is 17.2 Å². The number of methoxy groups -OCH3 is 1. The van der Waals surface area contributed by atoms with Gasteiger partial charge in [0.15, 0.2) is 17.9 Å². The van der Waals surface area contributed by atoms with E-state index >= 15 is 0 Å². The lowest BCUT2D eigenvalue weighted by Gasteiger charge is -2.45. The number of nitrogens with zero attached hydrogens (tertiary/aromatic N) is 1. The average Bonchev–Trinajstić information content (AvgIpc) is 3.13. The molecule has 1 heterocycles. The van der Waals surface area contributed by atoms with Gasteiger partial charge >= 0.3 is 0 Å². The highest BCUT2D eigenvalue weighted by molar-refractivity contribution is 6.31. The highest BCUT2D eigenvalue weighted by Crippen LogP contribution is 2.52. The van der Waals surface area contributed by atoms with E-state index in [1.165, 1.54) is 32.2 Å². The molecule has 3 aliphatic rings. The number of Topliss-reactive ketones (excluding diaryl/α,β-unsaturated/α-hetero) is 1. The second-order valence-electron chi connectivity index (χ2n) is 15.2. The summed E-state index contributed by atoms with van der Waals surface area (Å²) in [6.07, 6.45) is -5.15. The van der Waals surface area contributed by atoms with Crippen molar-refractivity contribution in [1.29, 1.82) is 0 Å². The predicted octanol–water partition coefficient (Wildman–Crippen LogP) is 1.26. The van der Waals surface area contributed by atoms with Crippen LogP contribution in [-0.2, 0) is 30.3 Å². The normalized spacial score (nSPS) is 25.8. The number of aliphatic hydroxyl groups is 2. The van der Waals surface area contributed by atoms with Crippen molar-refractivity contribution in [3.63, 3.8) is 0 Å². The highest BCUT2D eigenvalue weighted by Gasteiger charge is 2.51. The molecule has 0 spiro atoms. The number of hydrogen-bond donors (Lipinski definition) is 7. The van der Waals surface area contributed by atoms with Gasteiger partial charge in [0.25, 0.3) is 0 Å². The molecule has 0 bridgehead atoms. The summed E-state index contributed by atoms with van der Waals surface area (Å²) in [4.78, 5) is 69.5. The first-order valence-electron chi connectivity index (χ1n) is 18.6. The molecule has 2 aromatic carbocycles. The smallest absolute Gasteiger partial charge is 0.246 e. The topological polar surface area (TPSA) is 275 Å². The molecule has 1 aliphatic heterocycles. The first-order chi connectivity index (χ1) is 25.9. The summed E-state index contributed by atoms with van der Waals surface area (Å²) in [6, 6.07) is 0.830. The van der Waals surface area contributed by atoms with E-state index in [0.717, 1.165) is 11.8 Å². The molecule has 8 atom stereocenters. The largest absolute Gasteiger partial charge is 0.507 e. The molecule has 4 unspecified atom stereocenters. The average molecular weight is 769 g/mol. The number of ether oxygens (including phenoxy) is 3. The maximum Gasteiger partial charge on any atom is 0.246 e. The van der Waals surface area contributed by atoms with Gasteiger partial charge in [-0.05, 0) is 51.6 Å². The van der Waals surface area contributed by atoms with E-state index in [1.807, 2.05) is 13.8 Å². The lowest BCUT2D eigenvalue weighted by molar-refractivity contribution is -0.257. The molecule has 2 aliphatic carbocycles. The Morgan fingerprint density at radius 2 is 1.67 bits per heavy atom. The van der Waals surface area contributed by atoms with E-state index in [2.05, 4.69) is 0 Å². The molecule has 1 saturated heterocycles. The Morgan fingerprint density at radius 1 is 1.02 bits per heavy atom. The summed E-state index contributed by atoms with van der Waals surface area (Å²) in [5.74, 6) is -5.23. The zero-order valence-electron chi connectivity index (χ0n) is 31.7. The van der Waals surface area contributed by atoms with Gasteiger partial charge in [-0.1, -0.05) is 32.4 Å². The molecule has 0 radical (unpaired) electrons. The molecule has 10 N–H and O–H groups in total. The van der Waals surface area contributed by atoms with Gasteiger partial charge in [0, 0.05) is 36.0 Å². The second kappa shape index (κ2) is 16.4. The Hall–Kier alpha value is -4.29. The van der Waals surface area contributed by atoms with Crippen LogP contribution < -0.4 is 21.9 Å². The van der Waals surface area contributed by atoms with Crippen LogP contribution in [0.25, 0.3) is 0 Å². The van der Waals surface area contributed by atoms with E-state index in [1.54, 1.807) is 0 Å². The number of fused-ring (bicyclic) bond motifs is 3. The molecule has 0 saturated carbocycles. The number of hydrogen-bond acceptors (Lipinski definition) is 15. The number of phenols is 2. The van der Waals surface area contributed by atoms with Gasteiger partial charge in [0.2, 0.25) is 17.6 Å². The van der Waals surface area contributed by atoms with Gasteiger partial charge in [-0.15, -0.1) is 0 Å². The monoisotopic (exact) mass is 768 g/mol. The van der Waals surface area contributed by atoms with Crippen molar-refractivity contribution >= 4 is 29.2 Å². The van der Waals surface area contributed by atoms with Gasteiger partial charge in [-0.2, -0.15) is 0 Å². The van der Waals surface area contributed by atoms with Gasteiger partial charge < -0.3 is 51.8 Å². The number of rotatable bonds is 13. The minimum absolute atomic E-state index is 0.0123. The van der Waals surface area contributed by atoms with Crippen molar-refractivity contribution in [2.75, 3.05) is 13.7 Å². The minimum Gasteiger partial charge on any atom is -0.507 e. The fourth-order valence-corrected chi connectivity index (χ4v) is 7.89. The van der Waals surface area contributed by atoms with Gasteiger partial charge in [0.05, 0.1) is 54.1 Å². The highest BCUT2D eigenvalue weighted by atomic mass is 16.7.